The molecular weight excluding hydrogens is 574 g/mol. The standard InChI is InChI=1S/C38H39N5O3/c44-36(34-12-6-24-39-34)41-30-20-16-27(17-21-30)14-15-28-18-22-31(23-19-28)42-37(45)35-13-7-25-43(35)38(46)32-10-4-5-11-33(32)40-26-29-8-2-1-3-9-29/h1-5,8-11,14-23,34-35,39-40H,6-7,12-13,24-26H2,(H,41,44)(H,42,45)/b15-14+/t34-,35-/m0/s1. The van der Waals surface area contributed by atoms with E-state index in [4.69, 9.17) is 0 Å². The van der Waals surface area contributed by atoms with Crippen LogP contribution in [0.1, 0.15) is 52.7 Å². The highest BCUT2D eigenvalue weighted by atomic mass is 16.2. The third-order valence-corrected chi connectivity index (χ3v) is 8.50. The number of para-hydroxylation sites is 1. The van der Waals surface area contributed by atoms with Crippen molar-refractivity contribution >= 4 is 46.9 Å². The Morgan fingerprint density at radius 2 is 1.35 bits per heavy atom. The summed E-state index contributed by atoms with van der Waals surface area (Å²) in [6.45, 7) is 2.03. The highest BCUT2D eigenvalue weighted by molar-refractivity contribution is 6.04. The first-order valence-corrected chi connectivity index (χ1v) is 15.9. The van der Waals surface area contributed by atoms with Crippen LogP contribution >= 0.6 is 0 Å². The number of carbonyl (C=O) groups excluding carboxylic acids is 3. The summed E-state index contributed by atoms with van der Waals surface area (Å²) < 4.78 is 0. The smallest absolute Gasteiger partial charge is 0.256 e. The Balaban J connectivity index is 1.03. The molecule has 0 aromatic heterocycles. The van der Waals surface area contributed by atoms with Crippen LogP contribution in [0.3, 0.4) is 0 Å². The van der Waals surface area contributed by atoms with E-state index in [-0.39, 0.29) is 23.8 Å². The molecule has 0 bridgehead atoms. The number of likely N-dealkylation sites (tertiary alicyclic amines) is 1. The predicted octanol–water partition coefficient (Wildman–Crippen LogP) is 6.40. The summed E-state index contributed by atoms with van der Waals surface area (Å²) in [5.74, 6) is -0.312. The fourth-order valence-corrected chi connectivity index (χ4v) is 5.96. The average molecular weight is 614 g/mol. The molecular formula is C38H39N5O3. The van der Waals surface area contributed by atoms with Crippen LogP contribution in [0, 0.1) is 0 Å². The highest BCUT2D eigenvalue weighted by Crippen LogP contribution is 2.26. The average Bonchev–Trinajstić information content (AvgIpc) is 3.82. The number of rotatable bonds is 10. The summed E-state index contributed by atoms with van der Waals surface area (Å²) in [7, 11) is 0. The number of nitrogens with zero attached hydrogens (tertiary/aromatic N) is 1. The van der Waals surface area contributed by atoms with E-state index in [9.17, 15) is 14.4 Å². The summed E-state index contributed by atoms with van der Waals surface area (Å²) in [4.78, 5) is 41.1. The maximum absolute atomic E-state index is 13.7. The number of anilines is 3. The van der Waals surface area contributed by atoms with Crippen LogP contribution in [-0.2, 0) is 16.1 Å². The van der Waals surface area contributed by atoms with E-state index < -0.39 is 6.04 Å². The van der Waals surface area contributed by atoms with E-state index in [1.165, 1.54) is 0 Å². The minimum Gasteiger partial charge on any atom is -0.380 e. The second-order valence-corrected chi connectivity index (χ2v) is 11.7. The molecule has 4 N–H and O–H groups in total. The van der Waals surface area contributed by atoms with Crippen molar-refractivity contribution in [1.82, 2.24) is 10.2 Å². The van der Waals surface area contributed by atoms with Gasteiger partial charge >= 0.3 is 0 Å². The fraction of sp³-hybridized carbons (Fsp3) is 0.237. The summed E-state index contributed by atoms with van der Waals surface area (Å²) >= 11 is 0. The summed E-state index contributed by atoms with van der Waals surface area (Å²) in [6.07, 6.45) is 7.31. The molecule has 2 atom stereocenters. The highest BCUT2D eigenvalue weighted by Gasteiger charge is 2.35. The van der Waals surface area contributed by atoms with Gasteiger partial charge in [0.1, 0.15) is 6.04 Å². The van der Waals surface area contributed by atoms with Crippen molar-refractivity contribution in [1.29, 1.82) is 0 Å². The number of hydrogen-bond donors (Lipinski definition) is 4. The second-order valence-electron chi connectivity index (χ2n) is 11.7. The van der Waals surface area contributed by atoms with Crippen LogP contribution in [0.4, 0.5) is 17.1 Å². The Hall–Kier alpha value is -5.21. The third kappa shape index (κ3) is 7.71. The number of benzene rings is 4. The Morgan fingerprint density at radius 1 is 0.717 bits per heavy atom. The van der Waals surface area contributed by atoms with Gasteiger partial charge in [-0.3, -0.25) is 14.4 Å². The lowest BCUT2D eigenvalue weighted by atomic mass is 10.1. The number of carbonyl (C=O) groups is 3. The van der Waals surface area contributed by atoms with Crippen molar-refractivity contribution in [2.24, 2.45) is 0 Å². The molecule has 46 heavy (non-hydrogen) atoms. The van der Waals surface area contributed by atoms with E-state index in [0.29, 0.717) is 30.8 Å². The Labute approximate surface area is 269 Å². The topological polar surface area (TPSA) is 103 Å². The molecule has 2 heterocycles. The lowest BCUT2D eigenvalue weighted by Crippen LogP contribution is -2.43. The van der Waals surface area contributed by atoms with E-state index in [1.54, 1.807) is 4.90 Å². The normalized spacial score (nSPS) is 17.6. The van der Waals surface area contributed by atoms with E-state index in [2.05, 4.69) is 21.3 Å². The van der Waals surface area contributed by atoms with E-state index in [0.717, 1.165) is 53.9 Å². The minimum absolute atomic E-state index is 0.0115. The van der Waals surface area contributed by atoms with Crippen LogP contribution in [-0.4, -0.2) is 47.8 Å². The monoisotopic (exact) mass is 613 g/mol. The molecule has 0 radical (unpaired) electrons. The van der Waals surface area contributed by atoms with E-state index >= 15 is 0 Å². The molecule has 0 unspecified atom stereocenters. The molecule has 0 aliphatic carbocycles. The van der Waals surface area contributed by atoms with Crippen molar-refractivity contribution in [2.45, 2.75) is 44.3 Å². The van der Waals surface area contributed by atoms with Crippen LogP contribution in [0.15, 0.2) is 103 Å². The molecule has 3 amide bonds. The molecule has 0 spiro atoms. The SMILES string of the molecule is O=C(Nc1ccc(/C=C/c2ccc(NC(=O)[C@@H]3CCCN3C(=O)c3ccccc3NCc3ccccc3)cc2)cc1)[C@@H]1CCCN1. The number of amides is 3. The zero-order chi connectivity index (χ0) is 31.7. The Kier molecular flexibility index (Phi) is 9.85. The summed E-state index contributed by atoms with van der Waals surface area (Å²) in [6, 6.07) is 32.3. The van der Waals surface area contributed by atoms with Gasteiger partial charge in [0.25, 0.3) is 5.91 Å². The van der Waals surface area contributed by atoms with Gasteiger partial charge in [-0.25, -0.2) is 0 Å². The summed E-state index contributed by atoms with van der Waals surface area (Å²) in [5.41, 5.74) is 5.90. The predicted molar refractivity (Wildman–Crippen MR) is 184 cm³/mol. The molecule has 8 nitrogen and oxygen atoms in total. The third-order valence-electron chi connectivity index (χ3n) is 8.50. The van der Waals surface area contributed by atoms with Gasteiger partial charge in [-0.05, 0) is 85.3 Å². The van der Waals surface area contributed by atoms with E-state index in [1.807, 2.05) is 115 Å². The van der Waals surface area contributed by atoms with Crippen molar-refractivity contribution in [3.63, 3.8) is 0 Å². The van der Waals surface area contributed by atoms with Crippen molar-refractivity contribution in [2.75, 3.05) is 29.0 Å². The molecule has 0 saturated carbocycles. The molecule has 8 heteroatoms. The molecule has 234 valence electrons. The van der Waals surface area contributed by atoms with Gasteiger partial charge in [0.05, 0.1) is 11.6 Å². The zero-order valence-electron chi connectivity index (χ0n) is 25.7. The van der Waals surface area contributed by atoms with Crippen molar-refractivity contribution < 1.29 is 14.4 Å². The van der Waals surface area contributed by atoms with Gasteiger partial charge in [0.15, 0.2) is 0 Å². The van der Waals surface area contributed by atoms with Crippen molar-refractivity contribution in [3.05, 3.63) is 125 Å². The van der Waals surface area contributed by atoms with Gasteiger partial charge in [-0.15, -0.1) is 0 Å². The Morgan fingerprint density at radius 3 is 2.00 bits per heavy atom. The fourth-order valence-electron chi connectivity index (χ4n) is 5.96. The molecule has 2 aliphatic rings. The molecule has 2 fully saturated rings. The molecule has 2 saturated heterocycles. The maximum atomic E-state index is 13.7. The second kappa shape index (κ2) is 14.7. The lowest BCUT2D eigenvalue weighted by molar-refractivity contribution is -0.120. The van der Waals surface area contributed by atoms with Gasteiger partial charge in [0.2, 0.25) is 11.8 Å². The van der Waals surface area contributed by atoms with Crippen LogP contribution in [0.2, 0.25) is 0 Å². The van der Waals surface area contributed by atoms with Crippen LogP contribution in [0.5, 0.6) is 0 Å². The first kappa shape index (κ1) is 30.8. The number of hydrogen-bond acceptors (Lipinski definition) is 5. The first-order valence-electron chi connectivity index (χ1n) is 15.9. The summed E-state index contributed by atoms with van der Waals surface area (Å²) in [5, 5.41) is 12.6. The molecule has 4 aromatic carbocycles. The number of nitrogens with one attached hydrogen (secondary N) is 4. The van der Waals surface area contributed by atoms with Gasteiger partial charge in [0, 0.05) is 30.2 Å². The van der Waals surface area contributed by atoms with Gasteiger partial charge < -0.3 is 26.2 Å². The largest absolute Gasteiger partial charge is 0.380 e. The van der Waals surface area contributed by atoms with Gasteiger partial charge in [-0.1, -0.05) is 78.9 Å². The molecule has 2 aliphatic heterocycles. The van der Waals surface area contributed by atoms with Crippen LogP contribution in [0.25, 0.3) is 12.2 Å². The maximum Gasteiger partial charge on any atom is 0.256 e. The Bertz CT molecular complexity index is 1680. The lowest BCUT2D eigenvalue weighted by Gasteiger charge is -2.25. The first-order chi connectivity index (χ1) is 22.5. The molecule has 4 aromatic rings. The van der Waals surface area contributed by atoms with Crippen LogP contribution < -0.4 is 21.3 Å². The van der Waals surface area contributed by atoms with Crippen molar-refractivity contribution in [3.8, 4) is 0 Å². The van der Waals surface area contributed by atoms with Gasteiger partial charge in [-0.2, -0.15) is 0 Å². The minimum atomic E-state index is -0.531. The quantitative estimate of drug-likeness (QED) is 0.155. The zero-order valence-corrected chi connectivity index (χ0v) is 25.7. The molecule has 6 rings (SSSR count).